The molecule has 0 radical (unpaired) electrons. The van der Waals surface area contributed by atoms with Crippen LogP contribution in [0, 0.1) is 0 Å². The quantitative estimate of drug-likeness (QED) is 0.503. The van der Waals surface area contributed by atoms with Gasteiger partial charge in [0, 0.05) is 19.3 Å². The second kappa shape index (κ2) is 7.38. The van der Waals surface area contributed by atoms with Crippen LogP contribution in [0.4, 0.5) is 0 Å². The summed E-state index contributed by atoms with van der Waals surface area (Å²) >= 11 is 0. The Balaban J connectivity index is 2.12. The Morgan fingerprint density at radius 1 is 1.30 bits per heavy atom. The summed E-state index contributed by atoms with van der Waals surface area (Å²) < 4.78 is 3.51. The molecule has 5 nitrogen and oxygen atoms in total. The summed E-state index contributed by atoms with van der Waals surface area (Å²) in [5.41, 5.74) is 3.69. The average molecular weight is 310 g/mol. The molecule has 0 aliphatic carbocycles. The van der Waals surface area contributed by atoms with Gasteiger partial charge in [-0.15, -0.1) is 0 Å². The smallest absolute Gasteiger partial charge is 0.447 e. The van der Waals surface area contributed by atoms with Crippen molar-refractivity contribution in [3.63, 3.8) is 0 Å². The third-order valence-electron chi connectivity index (χ3n) is 3.51. The Morgan fingerprint density at radius 2 is 2.00 bits per heavy atom. The van der Waals surface area contributed by atoms with Crippen LogP contribution in [0.1, 0.15) is 42.1 Å². The number of amides is 1. The molecule has 2 N–H and O–H groups in total. The van der Waals surface area contributed by atoms with Crippen LogP contribution in [0.2, 0.25) is 0 Å². The van der Waals surface area contributed by atoms with E-state index >= 15 is 0 Å². The molecular formula is C18H20N3O2+. The van der Waals surface area contributed by atoms with E-state index in [1.165, 1.54) is 6.92 Å². The number of rotatable bonds is 5. The molecule has 118 valence electrons. The highest BCUT2D eigenvalue weighted by Gasteiger charge is 2.11. The number of benzene rings is 1. The van der Waals surface area contributed by atoms with E-state index in [0.29, 0.717) is 12.0 Å². The highest BCUT2D eigenvalue weighted by atomic mass is 16.3. The van der Waals surface area contributed by atoms with Crippen LogP contribution in [0.5, 0.6) is 0 Å². The van der Waals surface area contributed by atoms with Crippen molar-refractivity contribution in [3.8, 4) is 0 Å². The monoisotopic (exact) mass is 310 g/mol. The van der Waals surface area contributed by atoms with Crippen LogP contribution in [-0.2, 0) is 11.2 Å². The predicted molar refractivity (Wildman–Crippen MR) is 91.7 cm³/mol. The van der Waals surface area contributed by atoms with Crippen molar-refractivity contribution < 1.29 is 9.90 Å². The summed E-state index contributed by atoms with van der Waals surface area (Å²) in [5.74, 6) is -0.171. The highest BCUT2D eigenvalue weighted by Crippen LogP contribution is 2.16. The fraction of sp³-hybridized carbons (Fsp3) is 0.222. The van der Waals surface area contributed by atoms with Crippen molar-refractivity contribution in [2.45, 2.75) is 26.3 Å². The van der Waals surface area contributed by atoms with Gasteiger partial charge in [0.05, 0.1) is 6.04 Å². The summed E-state index contributed by atoms with van der Waals surface area (Å²) in [6.07, 6.45) is 4.00. The van der Waals surface area contributed by atoms with Crippen LogP contribution >= 0.6 is 0 Å². The lowest BCUT2D eigenvalue weighted by atomic mass is 10.0. The maximum Gasteiger partial charge on any atom is 0.492 e. The van der Waals surface area contributed by atoms with E-state index in [1.54, 1.807) is 12.4 Å². The Labute approximate surface area is 135 Å². The molecule has 1 atom stereocenters. The minimum Gasteiger partial charge on any atom is -0.447 e. The maximum atomic E-state index is 11.1. The molecule has 0 bridgehead atoms. The molecule has 1 unspecified atom stereocenters. The molecule has 0 aliphatic rings. The third kappa shape index (κ3) is 4.53. The summed E-state index contributed by atoms with van der Waals surface area (Å²) in [5, 5.41) is 12.5. The lowest BCUT2D eigenvalue weighted by molar-refractivity contribution is -0.119. The lowest BCUT2D eigenvalue weighted by Crippen LogP contribution is -2.23. The SMILES string of the molecule is C=[N+]=C(O)c1cncc(Cc2ccc(C(C)NC(C)=O)cc2)c1. The van der Waals surface area contributed by atoms with Crippen LogP contribution in [0.25, 0.3) is 0 Å². The van der Waals surface area contributed by atoms with Gasteiger partial charge in [0.2, 0.25) is 5.91 Å². The lowest BCUT2D eigenvalue weighted by Gasteiger charge is -2.13. The van der Waals surface area contributed by atoms with Crippen molar-refractivity contribution >= 4 is 18.5 Å². The van der Waals surface area contributed by atoms with Crippen molar-refractivity contribution in [2.24, 2.45) is 0 Å². The van der Waals surface area contributed by atoms with E-state index < -0.39 is 0 Å². The molecule has 1 amide bonds. The summed E-state index contributed by atoms with van der Waals surface area (Å²) in [6.45, 7) is 6.76. The summed E-state index contributed by atoms with van der Waals surface area (Å²) in [7, 11) is 0. The second-order valence-corrected chi connectivity index (χ2v) is 5.40. The predicted octanol–water partition coefficient (Wildman–Crippen LogP) is 1.94. The number of carbonyl (C=O) groups is 1. The molecule has 0 saturated carbocycles. The minimum atomic E-state index is -0.126. The number of carbonyl (C=O) groups excluding carboxylic acids is 1. The molecule has 1 aromatic carbocycles. The Hall–Kier alpha value is -2.91. The average Bonchev–Trinajstić information content (AvgIpc) is 2.54. The molecule has 1 aromatic heterocycles. The number of nitrogens with zero attached hydrogens (tertiary/aromatic N) is 2. The largest absolute Gasteiger partial charge is 0.492 e. The van der Waals surface area contributed by atoms with Crippen molar-refractivity contribution in [1.29, 1.82) is 0 Å². The van der Waals surface area contributed by atoms with E-state index in [2.05, 4.69) is 21.7 Å². The zero-order chi connectivity index (χ0) is 16.8. The fourth-order valence-corrected chi connectivity index (χ4v) is 2.35. The van der Waals surface area contributed by atoms with Gasteiger partial charge < -0.3 is 10.4 Å². The van der Waals surface area contributed by atoms with Gasteiger partial charge in [0.25, 0.3) is 6.72 Å². The molecule has 5 heteroatoms. The molecule has 23 heavy (non-hydrogen) atoms. The highest BCUT2D eigenvalue weighted by molar-refractivity contribution is 5.91. The van der Waals surface area contributed by atoms with Gasteiger partial charge in [-0.25, -0.2) is 0 Å². The van der Waals surface area contributed by atoms with Crippen LogP contribution in [0.15, 0.2) is 42.7 Å². The number of aliphatic hydroxyl groups excluding tert-OH is 1. The number of hydrogen-bond donors (Lipinski definition) is 2. The molecular weight excluding hydrogens is 290 g/mol. The Morgan fingerprint density at radius 3 is 2.61 bits per heavy atom. The molecule has 0 aliphatic heterocycles. The molecule has 2 aromatic rings. The molecule has 2 rings (SSSR count). The van der Waals surface area contributed by atoms with Gasteiger partial charge in [-0.3, -0.25) is 9.78 Å². The molecule has 0 fully saturated rings. The van der Waals surface area contributed by atoms with Gasteiger partial charge in [-0.2, -0.15) is 0 Å². The Bertz CT molecular complexity index is 747. The summed E-state index contributed by atoms with van der Waals surface area (Å²) in [6, 6.07) is 9.87. The van der Waals surface area contributed by atoms with Crippen molar-refractivity contribution in [1.82, 2.24) is 15.0 Å². The number of aliphatic hydroxyl groups is 1. The topological polar surface area (TPSA) is 76.3 Å². The number of aromatic nitrogens is 1. The minimum absolute atomic E-state index is 0.0169. The number of nitrogens with one attached hydrogen (secondary N) is 1. The third-order valence-corrected chi connectivity index (χ3v) is 3.51. The zero-order valence-electron chi connectivity index (χ0n) is 13.3. The first kappa shape index (κ1) is 16.5. The van der Waals surface area contributed by atoms with E-state index in [1.807, 2.05) is 37.3 Å². The second-order valence-electron chi connectivity index (χ2n) is 5.40. The van der Waals surface area contributed by atoms with E-state index in [0.717, 1.165) is 16.7 Å². The molecule has 0 saturated heterocycles. The first-order valence-electron chi connectivity index (χ1n) is 7.32. The van der Waals surface area contributed by atoms with Crippen LogP contribution in [-0.4, -0.2) is 28.6 Å². The zero-order valence-corrected chi connectivity index (χ0v) is 13.3. The van der Waals surface area contributed by atoms with E-state index in [-0.39, 0.29) is 17.8 Å². The number of pyridine rings is 1. The first-order chi connectivity index (χ1) is 11.0. The first-order valence-corrected chi connectivity index (χ1v) is 7.32. The van der Waals surface area contributed by atoms with E-state index in [4.69, 9.17) is 0 Å². The van der Waals surface area contributed by atoms with Gasteiger partial charge in [-0.1, -0.05) is 28.9 Å². The van der Waals surface area contributed by atoms with Crippen LogP contribution in [0.3, 0.4) is 0 Å². The van der Waals surface area contributed by atoms with Crippen LogP contribution < -0.4 is 9.98 Å². The fourth-order valence-electron chi connectivity index (χ4n) is 2.35. The normalized spacial score (nSPS) is 11.4. The van der Waals surface area contributed by atoms with Gasteiger partial charge in [0.15, 0.2) is 0 Å². The maximum absolute atomic E-state index is 11.1. The van der Waals surface area contributed by atoms with Gasteiger partial charge in [0.1, 0.15) is 5.56 Å². The van der Waals surface area contributed by atoms with Gasteiger partial charge in [-0.05, 0) is 36.1 Å². The standard InChI is InChI=1S/C18H19N3O2/c1-12(21-13(2)22)16-6-4-14(5-7-16)8-15-9-17(11-20-10-15)18(23)19-3/h4-7,9-12H,3,8H2,1-2H3,(H,21,22)/p+1. The number of hydrogen-bond acceptors (Lipinski definition) is 2. The Kier molecular flexibility index (Phi) is 5.28. The summed E-state index contributed by atoms with van der Waals surface area (Å²) in [4.78, 5) is 15.2. The molecule has 1 heterocycles. The van der Waals surface area contributed by atoms with E-state index in [9.17, 15) is 9.90 Å². The van der Waals surface area contributed by atoms with Crippen molar-refractivity contribution in [2.75, 3.05) is 0 Å². The van der Waals surface area contributed by atoms with Gasteiger partial charge >= 0.3 is 5.90 Å². The molecule has 0 spiro atoms. The van der Waals surface area contributed by atoms with Crippen molar-refractivity contribution in [3.05, 3.63) is 65.0 Å².